The highest BCUT2D eigenvalue weighted by molar-refractivity contribution is 5.68. The number of alkyl carbamates (subject to hydrolysis) is 1. The van der Waals surface area contributed by atoms with Crippen molar-refractivity contribution in [1.29, 1.82) is 0 Å². The van der Waals surface area contributed by atoms with Gasteiger partial charge in [-0.15, -0.1) is 0 Å². The van der Waals surface area contributed by atoms with Crippen molar-refractivity contribution in [2.45, 2.75) is 83.2 Å². The molecule has 1 aliphatic heterocycles. The van der Waals surface area contributed by atoms with Gasteiger partial charge in [-0.3, -0.25) is 0 Å². The zero-order valence-electron chi connectivity index (χ0n) is 12.8. The van der Waals surface area contributed by atoms with Gasteiger partial charge in [0.1, 0.15) is 11.7 Å². The molecular weight excluding hydrogens is 262 g/mol. The Bertz CT molecular complexity index is 376. The lowest BCUT2D eigenvalue weighted by Gasteiger charge is -2.34. The molecule has 0 spiro atoms. The molecule has 0 radical (unpaired) electrons. The second kappa shape index (κ2) is 5.16. The highest BCUT2D eigenvalue weighted by atomic mass is 16.8. The first kappa shape index (κ1) is 15.5. The van der Waals surface area contributed by atoms with Gasteiger partial charge in [0, 0.05) is 6.04 Å². The third-order valence-electron chi connectivity index (χ3n) is 3.36. The largest absolute Gasteiger partial charge is 0.444 e. The van der Waals surface area contributed by atoms with Crippen LogP contribution in [0.25, 0.3) is 0 Å². The van der Waals surface area contributed by atoms with E-state index >= 15 is 0 Å². The van der Waals surface area contributed by atoms with Crippen molar-refractivity contribution in [1.82, 2.24) is 5.32 Å². The van der Waals surface area contributed by atoms with Crippen LogP contribution in [0.4, 0.5) is 4.79 Å². The van der Waals surface area contributed by atoms with Gasteiger partial charge < -0.3 is 24.6 Å². The molecule has 6 heteroatoms. The number of fused-ring (bicyclic) bond motifs is 1. The summed E-state index contributed by atoms with van der Waals surface area (Å²) in [6, 6.07) is -0.168. The fourth-order valence-electron chi connectivity index (χ4n) is 2.77. The van der Waals surface area contributed by atoms with Crippen LogP contribution in [0, 0.1) is 0 Å². The number of nitrogens with one attached hydrogen (secondary N) is 1. The molecule has 0 unspecified atom stereocenters. The molecule has 1 saturated carbocycles. The van der Waals surface area contributed by atoms with Gasteiger partial charge in [0.15, 0.2) is 5.79 Å². The molecule has 116 valence electrons. The summed E-state index contributed by atoms with van der Waals surface area (Å²) in [7, 11) is 0. The van der Waals surface area contributed by atoms with Crippen LogP contribution in [0.15, 0.2) is 0 Å². The second-order valence-corrected chi connectivity index (χ2v) is 7.02. The van der Waals surface area contributed by atoms with E-state index in [0.717, 1.165) is 0 Å². The molecule has 2 fully saturated rings. The summed E-state index contributed by atoms with van der Waals surface area (Å²) in [5, 5.41) is 12.9. The summed E-state index contributed by atoms with van der Waals surface area (Å²) in [4.78, 5) is 11.8. The van der Waals surface area contributed by atoms with Crippen LogP contribution in [0.3, 0.4) is 0 Å². The normalized spacial score (nSPS) is 36.3. The molecule has 1 saturated heterocycles. The number of hydrogen-bond acceptors (Lipinski definition) is 5. The van der Waals surface area contributed by atoms with Crippen molar-refractivity contribution in [3.63, 3.8) is 0 Å². The molecule has 0 aromatic carbocycles. The first-order chi connectivity index (χ1) is 9.06. The highest BCUT2D eigenvalue weighted by Gasteiger charge is 2.49. The van der Waals surface area contributed by atoms with Crippen molar-refractivity contribution in [2.75, 3.05) is 0 Å². The van der Waals surface area contributed by atoms with E-state index in [2.05, 4.69) is 5.32 Å². The van der Waals surface area contributed by atoms with Gasteiger partial charge in [-0.05, 0) is 47.5 Å². The van der Waals surface area contributed by atoms with E-state index in [0.29, 0.717) is 12.8 Å². The molecule has 0 bridgehead atoms. The van der Waals surface area contributed by atoms with Crippen molar-refractivity contribution in [3.8, 4) is 0 Å². The van der Waals surface area contributed by atoms with E-state index in [9.17, 15) is 9.90 Å². The predicted molar refractivity (Wildman–Crippen MR) is 72.2 cm³/mol. The summed E-state index contributed by atoms with van der Waals surface area (Å²) in [5.41, 5.74) is -0.533. The third-order valence-corrected chi connectivity index (χ3v) is 3.36. The Morgan fingerprint density at radius 3 is 2.55 bits per heavy atom. The third kappa shape index (κ3) is 3.84. The van der Waals surface area contributed by atoms with Crippen molar-refractivity contribution >= 4 is 6.09 Å². The van der Waals surface area contributed by atoms with Gasteiger partial charge >= 0.3 is 6.09 Å². The lowest BCUT2D eigenvalue weighted by Crippen LogP contribution is -2.51. The second-order valence-electron chi connectivity index (χ2n) is 7.02. The molecule has 1 aliphatic carbocycles. The average Bonchev–Trinajstić information content (AvgIpc) is 2.49. The van der Waals surface area contributed by atoms with Gasteiger partial charge in [0.25, 0.3) is 0 Å². The maximum Gasteiger partial charge on any atom is 0.407 e. The summed E-state index contributed by atoms with van der Waals surface area (Å²) in [6.07, 6.45) is -0.568. The Morgan fingerprint density at radius 2 is 1.95 bits per heavy atom. The summed E-state index contributed by atoms with van der Waals surface area (Å²) in [5.74, 6) is -0.683. The molecule has 6 nitrogen and oxygen atoms in total. The minimum absolute atomic E-state index is 0.168. The minimum Gasteiger partial charge on any atom is -0.444 e. The van der Waals surface area contributed by atoms with E-state index in [4.69, 9.17) is 14.2 Å². The van der Waals surface area contributed by atoms with Crippen LogP contribution in [0.5, 0.6) is 0 Å². The molecule has 2 N–H and O–H groups in total. The molecule has 0 aromatic heterocycles. The zero-order chi connectivity index (χ0) is 15.1. The van der Waals surface area contributed by atoms with Gasteiger partial charge in [-0.2, -0.15) is 0 Å². The van der Waals surface area contributed by atoms with Gasteiger partial charge in [-0.25, -0.2) is 4.79 Å². The summed E-state index contributed by atoms with van der Waals surface area (Å²) < 4.78 is 16.7. The first-order valence-corrected chi connectivity index (χ1v) is 7.09. The SMILES string of the molecule is CC(C)(C)OC(=O)N[C@H]1C[C@@H](O)[C@@H]2OC(C)(C)O[C@@H]2C1. The molecular formula is C14H25NO5. The van der Waals surface area contributed by atoms with E-state index in [-0.39, 0.29) is 18.2 Å². The minimum atomic E-state index is -0.683. The topological polar surface area (TPSA) is 77.0 Å². The van der Waals surface area contributed by atoms with Crippen LogP contribution in [0.1, 0.15) is 47.5 Å². The Balaban J connectivity index is 1.91. The highest BCUT2D eigenvalue weighted by Crippen LogP contribution is 2.37. The monoisotopic (exact) mass is 287 g/mol. The molecule has 1 heterocycles. The van der Waals surface area contributed by atoms with Crippen molar-refractivity contribution in [2.24, 2.45) is 0 Å². The number of amides is 1. The molecule has 2 aliphatic rings. The Hall–Kier alpha value is -0.850. The average molecular weight is 287 g/mol. The number of rotatable bonds is 1. The Morgan fingerprint density at radius 1 is 1.30 bits per heavy atom. The van der Waals surface area contributed by atoms with Gasteiger partial charge in [0.2, 0.25) is 0 Å². The molecule has 2 rings (SSSR count). The zero-order valence-corrected chi connectivity index (χ0v) is 12.8. The first-order valence-electron chi connectivity index (χ1n) is 7.09. The lowest BCUT2D eigenvalue weighted by atomic mass is 9.88. The van der Waals surface area contributed by atoms with E-state index < -0.39 is 23.6 Å². The molecule has 1 amide bonds. The molecule has 0 aromatic rings. The standard InChI is InChI=1S/C14H25NO5/c1-13(2,3)20-12(17)15-8-6-9(16)11-10(7-8)18-14(4,5)19-11/h8-11,16H,6-7H2,1-5H3,(H,15,17)/t8-,9+,10+,11-/m0/s1. The summed E-state index contributed by atoms with van der Waals surface area (Å²) >= 11 is 0. The Kier molecular flexibility index (Phi) is 4.01. The van der Waals surface area contributed by atoms with E-state index in [1.165, 1.54) is 0 Å². The number of carbonyl (C=O) groups is 1. The maximum atomic E-state index is 11.8. The van der Waals surface area contributed by atoms with Crippen LogP contribution in [-0.2, 0) is 14.2 Å². The summed E-state index contributed by atoms with van der Waals surface area (Å²) in [6.45, 7) is 9.10. The van der Waals surface area contributed by atoms with Crippen molar-refractivity contribution in [3.05, 3.63) is 0 Å². The van der Waals surface area contributed by atoms with Crippen LogP contribution < -0.4 is 5.32 Å². The van der Waals surface area contributed by atoms with Crippen molar-refractivity contribution < 1.29 is 24.1 Å². The number of aliphatic hydroxyl groups is 1. The van der Waals surface area contributed by atoms with Crippen LogP contribution >= 0.6 is 0 Å². The number of ether oxygens (including phenoxy) is 3. The van der Waals surface area contributed by atoms with E-state index in [1.54, 1.807) is 0 Å². The predicted octanol–water partition coefficient (Wildman–Crippen LogP) is 1.55. The van der Waals surface area contributed by atoms with E-state index in [1.807, 2.05) is 34.6 Å². The smallest absolute Gasteiger partial charge is 0.407 e. The fraction of sp³-hybridized carbons (Fsp3) is 0.929. The molecule has 20 heavy (non-hydrogen) atoms. The van der Waals surface area contributed by atoms with Gasteiger partial charge in [-0.1, -0.05) is 0 Å². The Labute approximate surface area is 119 Å². The number of aliphatic hydroxyl groups excluding tert-OH is 1. The quantitative estimate of drug-likeness (QED) is 0.765. The lowest BCUT2D eigenvalue weighted by molar-refractivity contribution is -0.153. The number of hydrogen-bond donors (Lipinski definition) is 2. The molecule has 4 atom stereocenters. The fourth-order valence-corrected chi connectivity index (χ4v) is 2.77. The van der Waals surface area contributed by atoms with Crippen LogP contribution in [-0.4, -0.2) is 46.9 Å². The maximum absolute atomic E-state index is 11.8. The number of carbonyl (C=O) groups excluding carboxylic acids is 1. The van der Waals surface area contributed by atoms with Crippen LogP contribution in [0.2, 0.25) is 0 Å². The van der Waals surface area contributed by atoms with Gasteiger partial charge in [0.05, 0.1) is 12.2 Å².